The van der Waals surface area contributed by atoms with E-state index in [9.17, 15) is 4.79 Å². The van der Waals surface area contributed by atoms with E-state index in [0.29, 0.717) is 5.56 Å². The summed E-state index contributed by atoms with van der Waals surface area (Å²) < 4.78 is 10.7. The first-order valence-electron chi connectivity index (χ1n) is 8.32. The molecule has 0 spiro atoms. The summed E-state index contributed by atoms with van der Waals surface area (Å²) in [7, 11) is 1.63. The highest BCUT2D eigenvalue weighted by molar-refractivity contribution is 6.01. The molecule has 3 aromatic rings. The predicted molar refractivity (Wildman–Crippen MR) is 96.7 cm³/mol. The van der Waals surface area contributed by atoms with Crippen molar-refractivity contribution in [3.05, 3.63) is 66.4 Å². The SMILES string of the molecule is COc1ccccc1-c1c[nH]cc1C(=O)NC(C)CCc1ccco1. The summed E-state index contributed by atoms with van der Waals surface area (Å²) in [5, 5.41) is 3.05. The summed E-state index contributed by atoms with van der Waals surface area (Å²) in [6.07, 6.45) is 6.81. The van der Waals surface area contributed by atoms with Gasteiger partial charge in [-0.2, -0.15) is 0 Å². The van der Waals surface area contributed by atoms with Gasteiger partial charge in [-0.1, -0.05) is 18.2 Å². The van der Waals surface area contributed by atoms with E-state index >= 15 is 0 Å². The van der Waals surface area contributed by atoms with Crippen molar-refractivity contribution in [2.45, 2.75) is 25.8 Å². The second-order valence-corrected chi connectivity index (χ2v) is 5.98. The van der Waals surface area contributed by atoms with Crippen LogP contribution in [-0.2, 0) is 6.42 Å². The number of amides is 1. The molecule has 2 N–H and O–H groups in total. The zero-order valence-electron chi connectivity index (χ0n) is 14.4. The van der Waals surface area contributed by atoms with Crippen LogP contribution in [0.5, 0.6) is 5.75 Å². The van der Waals surface area contributed by atoms with Crippen LogP contribution in [0.1, 0.15) is 29.5 Å². The van der Waals surface area contributed by atoms with E-state index in [1.54, 1.807) is 19.6 Å². The molecule has 25 heavy (non-hydrogen) atoms. The molecule has 0 bridgehead atoms. The average Bonchev–Trinajstić information content (AvgIpc) is 3.31. The van der Waals surface area contributed by atoms with E-state index < -0.39 is 0 Å². The van der Waals surface area contributed by atoms with Crippen LogP contribution in [0.15, 0.2) is 59.5 Å². The van der Waals surface area contributed by atoms with Crippen molar-refractivity contribution in [2.24, 2.45) is 0 Å². The van der Waals surface area contributed by atoms with Gasteiger partial charge in [-0.25, -0.2) is 0 Å². The molecule has 5 nitrogen and oxygen atoms in total. The molecule has 0 aliphatic rings. The maximum atomic E-state index is 12.7. The number of methoxy groups -OCH3 is 1. The maximum absolute atomic E-state index is 12.7. The Morgan fingerprint density at radius 1 is 1.20 bits per heavy atom. The third kappa shape index (κ3) is 3.94. The number of para-hydroxylation sites is 1. The fraction of sp³-hybridized carbons (Fsp3) is 0.250. The van der Waals surface area contributed by atoms with Crippen LogP contribution in [0.3, 0.4) is 0 Å². The number of hydrogen-bond donors (Lipinski definition) is 2. The fourth-order valence-electron chi connectivity index (χ4n) is 2.83. The largest absolute Gasteiger partial charge is 0.496 e. The van der Waals surface area contributed by atoms with Crippen molar-refractivity contribution in [3.63, 3.8) is 0 Å². The number of carbonyl (C=O) groups excluding carboxylic acids is 1. The Kier molecular flexibility index (Phi) is 5.23. The molecule has 3 rings (SSSR count). The minimum atomic E-state index is -0.103. The molecule has 2 heterocycles. The second kappa shape index (κ2) is 7.75. The summed E-state index contributed by atoms with van der Waals surface area (Å²) in [6.45, 7) is 2.00. The average molecular weight is 338 g/mol. The predicted octanol–water partition coefficient (Wildman–Crippen LogP) is 4.03. The fourth-order valence-corrected chi connectivity index (χ4v) is 2.83. The van der Waals surface area contributed by atoms with Crippen LogP contribution in [0.25, 0.3) is 11.1 Å². The van der Waals surface area contributed by atoms with Gasteiger partial charge in [-0.05, 0) is 31.5 Å². The quantitative estimate of drug-likeness (QED) is 0.683. The first-order chi connectivity index (χ1) is 12.2. The van der Waals surface area contributed by atoms with E-state index in [1.807, 2.05) is 49.5 Å². The number of rotatable bonds is 7. The van der Waals surface area contributed by atoms with Gasteiger partial charge in [0.1, 0.15) is 11.5 Å². The van der Waals surface area contributed by atoms with Crippen LogP contribution >= 0.6 is 0 Å². The maximum Gasteiger partial charge on any atom is 0.253 e. The Balaban J connectivity index is 1.70. The van der Waals surface area contributed by atoms with Gasteiger partial charge >= 0.3 is 0 Å². The number of benzene rings is 1. The number of aromatic nitrogens is 1. The zero-order chi connectivity index (χ0) is 17.6. The molecule has 0 aliphatic heterocycles. The molecule has 1 unspecified atom stereocenters. The van der Waals surface area contributed by atoms with Gasteiger partial charge in [0.15, 0.2) is 0 Å². The first-order valence-corrected chi connectivity index (χ1v) is 8.32. The minimum Gasteiger partial charge on any atom is -0.496 e. The van der Waals surface area contributed by atoms with Gasteiger partial charge in [0, 0.05) is 36.0 Å². The van der Waals surface area contributed by atoms with Gasteiger partial charge in [0.05, 0.1) is 18.9 Å². The Bertz CT molecular complexity index is 821. The third-order valence-electron chi connectivity index (χ3n) is 4.17. The lowest BCUT2D eigenvalue weighted by Crippen LogP contribution is -2.32. The van der Waals surface area contributed by atoms with Crippen LogP contribution < -0.4 is 10.1 Å². The van der Waals surface area contributed by atoms with Crippen LogP contribution in [-0.4, -0.2) is 24.0 Å². The molecule has 0 aliphatic carbocycles. The summed E-state index contributed by atoms with van der Waals surface area (Å²) in [5.74, 6) is 1.56. The van der Waals surface area contributed by atoms with E-state index in [1.165, 1.54) is 0 Å². The van der Waals surface area contributed by atoms with E-state index in [2.05, 4.69) is 10.3 Å². The van der Waals surface area contributed by atoms with Crippen molar-refractivity contribution in [1.82, 2.24) is 10.3 Å². The number of carbonyl (C=O) groups is 1. The van der Waals surface area contributed by atoms with E-state index in [0.717, 1.165) is 35.5 Å². The minimum absolute atomic E-state index is 0.0398. The van der Waals surface area contributed by atoms with Crippen molar-refractivity contribution < 1.29 is 13.9 Å². The molecule has 0 radical (unpaired) electrons. The molecular weight excluding hydrogens is 316 g/mol. The smallest absolute Gasteiger partial charge is 0.253 e. The molecule has 0 saturated carbocycles. The molecule has 130 valence electrons. The normalized spacial score (nSPS) is 11.9. The molecule has 1 amide bonds. The summed E-state index contributed by atoms with van der Waals surface area (Å²) in [6, 6.07) is 11.5. The lowest BCUT2D eigenvalue weighted by atomic mass is 10.0. The number of aryl methyl sites for hydroxylation is 1. The second-order valence-electron chi connectivity index (χ2n) is 5.98. The molecule has 1 atom stereocenters. The van der Waals surface area contributed by atoms with Gasteiger partial charge in [-0.15, -0.1) is 0 Å². The zero-order valence-corrected chi connectivity index (χ0v) is 14.4. The molecule has 2 aromatic heterocycles. The molecule has 1 aromatic carbocycles. The summed E-state index contributed by atoms with van der Waals surface area (Å²) in [4.78, 5) is 15.7. The lowest BCUT2D eigenvalue weighted by molar-refractivity contribution is 0.0939. The van der Waals surface area contributed by atoms with Crippen LogP contribution in [0, 0.1) is 0 Å². The van der Waals surface area contributed by atoms with Crippen molar-refractivity contribution >= 4 is 5.91 Å². The van der Waals surface area contributed by atoms with Crippen molar-refractivity contribution in [3.8, 4) is 16.9 Å². The van der Waals surface area contributed by atoms with E-state index in [-0.39, 0.29) is 11.9 Å². The number of ether oxygens (including phenoxy) is 1. The van der Waals surface area contributed by atoms with Crippen molar-refractivity contribution in [1.29, 1.82) is 0 Å². The van der Waals surface area contributed by atoms with Gasteiger partial charge in [0.25, 0.3) is 5.91 Å². The third-order valence-corrected chi connectivity index (χ3v) is 4.17. The summed E-state index contributed by atoms with van der Waals surface area (Å²) in [5.41, 5.74) is 2.32. The Morgan fingerprint density at radius 2 is 2.04 bits per heavy atom. The number of H-pyrrole nitrogens is 1. The van der Waals surface area contributed by atoms with Gasteiger partial charge in [-0.3, -0.25) is 4.79 Å². The Hall–Kier alpha value is -2.95. The van der Waals surface area contributed by atoms with Gasteiger partial charge in [0.2, 0.25) is 0 Å². The topological polar surface area (TPSA) is 67.3 Å². The molecule has 0 fully saturated rings. The highest BCUT2D eigenvalue weighted by Crippen LogP contribution is 2.32. The monoisotopic (exact) mass is 338 g/mol. The standard InChI is InChI=1S/C20H22N2O3/c1-14(9-10-15-6-5-11-25-15)22-20(23)18-13-21-12-17(18)16-7-3-4-8-19(16)24-2/h3-8,11-14,21H,9-10H2,1-2H3,(H,22,23). The lowest BCUT2D eigenvalue weighted by Gasteiger charge is -2.14. The molecular formula is C20H22N2O3. The Morgan fingerprint density at radius 3 is 2.80 bits per heavy atom. The number of aromatic amines is 1. The highest BCUT2D eigenvalue weighted by Gasteiger charge is 2.18. The van der Waals surface area contributed by atoms with Crippen LogP contribution in [0.2, 0.25) is 0 Å². The van der Waals surface area contributed by atoms with Gasteiger partial charge < -0.3 is 19.5 Å². The number of hydrogen-bond acceptors (Lipinski definition) is 3. The van der Waals surface area contributed by atoms with Crippen LogP contribution in [0.4, 0.5) is 0 Å². The number of nitrogens with one attached hydrogen (secondary N) is 2. The first kappa shape index (κ1) is 16.9. The molecule has 5 heteroatoms. The Labute approximate surface area is 147 Å². The number of furan rings is 1. The molecule has 0 saturated heterocycles. The van der Waals surface area contributed by atoms with Crippen molar-refractivity contribution in [2.75, 3.05) is 7.11 Å². The van der Waals surface area contributed by atoms with E-state index in [4.69, 9.17) is 9.15 Å². The highest BCUT2D eigenvalue weighted by atomic mass is 16.5. The summed E-state index contributed by atoms with van der Waals surface area (Å²) >= 11 is 0.